The Hall–Kier alpha value is -1.89. The van der Waals surface area contributed by atoms with Gasteiger partial charge >= 0.3 is 0 Å². The number of hydrogen-bond donors (Lipinski definition) is 1. The van der Waals surface area contributed by atoms with Crippen LogP contribution in [-0.2, 0) is 17.4 Å². The molecule has 4 saturated carbocycles. The highest BCUT2D eigenvalue weighted by molar-refractivity contribution is 6.28. The van der Waals surface area contributed by atoms with Crippen molar-refractivity contribution < 1.29 is 4.79 Å². The van der Waals surface area contributed by atoms with Crippen molar-refractivity contribution in [2.75, 3.05) is 5.32 Å². The van der Waals surface area contributed by atoms with E-state index < -0.39 is 0 Å². The molecule has 1 N–H and O–H groups in total. The first-order chi connectivity index (χ1) is 12.4. The number of anilines is 1. The van der Waals surface area contributed by atoms with Gasteiger partial charge in [-0.1, -0.05) is 0 Å². The molecule has 138 valence electrons. The summed E-state index contributed by atoms with van der Waals surface area (Å²) in [6.45, 7) is 1.92. The largest absolute Gasteiger partial charge is 0.323 e. The molecule has 4 aliphatic carbocycles. The van der Waals surface area contributed by atoms with Gasteiger partial charge in [0.05, 0.1) is 22.3 Å². The van der Waals surface area contributed by atoms with Gasteiger partial charge in [-0.15, -0.1) is 5.10 Å². The number of aromatic nitrogens is 5. The number of hydrogen-bond acceptors (Lipinski definition) is 4. The minimum atomic E-state index is -0.329. The Kier molecular flexibility index (Phi) is 3.33. The van der Waals surface area contributed by atoms with Gasteiger partial charge in [-0.2, -0.15) is 5.10 Å². The maximum Gasteiger partial charge on any atom is 0.242 e. The van der Waals surface area contributed by atoms with Gasteiger partial charge in [0.2, 0.25) is 11.2 Å². The minimum Gasteiger partial charge on any atom is -0.323 e. The van der Waals surface area contributed by atoms with E-state index in [1.165, 1.54) is 6.42 Å². The third kappa shape index (κ3) is 2.32. The van der Waals surface area contributed by atoms with Crippen LogP contribution in [0.15, 0.2) is 12.5 Å². The smallest absolute Gasteiger partial charge is 0.242 e. The van der Waals surface area contributed by atoms with Crippen LogP contribution in [0.4, 0.5) is 5.69 Å². The quantitative estimate of drug-likeness (QED) is 0.896. The Morgan fingerprint density at radius 1 is 1.27 bits per heavy atom. The maximum absolute atomic E-state index is 13.4. The standard InChI is InChI=1S/C18H23ClN6O/c1-11-14(8-24(2)22-11)21-15(26)17-4-12-3-13(5-17)7-18(6-12,9-17)25-10-20-16(19)23-25/h8,10,12-13H,3-7,9H2,1-2H3,(H,21,26). The number of nitrogens with one attached hydrogen (secondary N) is 1. The van der Waals surface area contributed by atoms with E-state index in [1.54, 1.807) is 11.0 Å². The van der Waals surface area contributed by atoms with E-state index in [4.69, 9.17) is 11.6 Å². The van der Waals surface area contributed by atoms with E-state index in [0.717, 1.165) is 43.5 Å². The zero-order chi connectivity index (χ0) is 18.1. The van der Waals surface area contributed by atoms with Crippen molar-refractivity contribution in [1.82, 2.24) is 24.5 Å². The molecule has 0 radical (unpaired) electrons. The van der Waals surface area contributed by atoms with Crippen LogP contribution in [0.3, 0.4) is 0 Å². The Morgan fingerprint density at radius 3 is 2.58 bits per heavy atom. The number of rotatable bonds is 3. The summed E-state index contributed by atoms with van der Waals surface area (Å²) < 4.78 is 3.69. The normalized spacial score (nSPS) is 35.0. The zero-order valence-electron chi connectivity index (χ0n) is 15.1. The molecule has 2 aromatic rings. The average Bonchev–Trinajstić information content (AvgIpc) is 3.12. The fraction of sp³-hybridized carbons (Fsp3) is 0.667. The van der Waals surface area contributed by atoms with Gasteiger partial charge < -0.3 is 5.32 Å². The Balaban J connectivity index is 1.48. The third-order valence-electron chi connectivity index (χ3n) is 6.72. The number of carbonyl (C=O) groups is 1. The lowest BCUT2D eigenvalue weighted by atomic mass is 9.46. The number of aryl methyl sites for hydroxylation is 2. The van der Waals surface area contributed by atoms with E-state index in [1.807, 2.05) is 24.9 Å². The predicted molar refractivity (Wildman–Crippen MR) is 96.7 cm³/mol. The van der Waals surface area contributed by atoms with Gasteiger partial charge in [-0.3, -0.25) is 9.48 Å². The molecule has 4 aliphatic rings. The molecule has 4 fully saturated rings. The molecule has 0 saturated heterocycles. The molecule has 2 unspecified atom stereocenters. The lowest BCUT2D eigenvalue weighted by Crippen LogP contribution is -2.60. The highest BCUT2D eigenvalue weighted by atomic mass is 35.5. The number of carbonyl (C=O) groups excluding carboxylic acids is 1. The molecule has 2 aromatic heterocycles. The molecular weight excluding hydrogens is 352 g/mol. The molecule has 0 aromatic carbocycles. The second-order valence-corrected chi connectivity index (χ2v) is 9.02. The number of amides is 1. The average molecular weight is 375 g/mol. The van der Waals surface area contributed by atoms with Crippen molar-refractivity contribution in [3.8, 4) is 0 Å². The molecule has 4 bridgehead atoms. The summed E-state index contributed by atoms with van der Waals surface area (Å²) in [6, 6.07) is 0. The molecule has 2 heterocycles. The SMILES string of the molecule is Cc1nn(C)cc1NC(=O)C12CC3CC(C1)CC(n1cnc(Cl)n1)(C3)C2. The fourth-order valence-electron chi connectivity index (χ4n) is 6.20. The highest BCUT2D eigenvalue weighted by Gasteiger charge is 2.61. The van der Waals surface area contributed by atoms with Gasteiger partial charge in [0.1, 0.15) is 6.33 Å². The number of nitrogens with zero attached hydrogens (tertiary/aromatic N) is 5. The van der Waals surface area contributed by atoms with Crippen molar-refractivity contribution in [2.24, 2.45) is 24.3 Å². The van der Waals surface area contributed by atoms with Gasteiger partial charge in [0.15, 0.2) is 0 Å². The molecular formula is C18H23ClN6O. The summed E-state index contributed by atoms with van der Waals surface area (Å²) in [4.78, 5) is 17.5. The summed E-state index contributed by atoms with van der Waals surface area (Å²) in [7, 11) is 1.87. The summed E-state index contributed by atoms with van der Waals surface area (Å²) in [5, 5.41) is 12.2. The van der Waals surface area contributed by atoms with E-state index in [2.05, 4.69) is 20.5 Å². The van der Waals surface area contributed by atoms with Crippen LogP contribution >= 0.6 is 11.6 Å². The van der Waals surface area contributed by atoms with Gasteiger partial charge in [0, 0.05) is 13.2 Å². The van der Waals surface area contributed by atoms with Crippen LogP contribution in [0.25, 0.3) is 0 Å². The van der Waals surface area contributed by atoms with Crippen molar-refractivity contribution in [3.63, 3.8) is 0 Å². The van der Waals surface area contributed by atoms with Gasteiger partial charge in [0.25, 0.3) is 0 Å². The molecule has 26 heavy (non-hydrogen) atoms. The van der Waals surface area contributed by atoms with E-state index in [-0.39, 0.29) is 22.1 Å². The van der Waals surface area contributed by atoms with Gasteiger partial charge in [-0.05, 0) is 68.9 Å². The van der Waals surface area contributed by atoms with E-state index in [9.17, 15) is 4.79 Å². The van der Waals surface area contributed by atoms with Crippen LogP contribution in [0.2, 0.25) is 5.28 Å². The Labute approximate surface area is 157 Å². The van der Waals surface area contributed by atoms with Crippen molar-refractivity contribution in [1.29, 1.82) is 0 Å². The maximum atomic E-state index is 13.4. The predicted octanol–water partition coefficient (Wildman–Crippen LogP) is 2.91. The highest BCUT2D eigenvalue weighted by Crippen LogP contribution is 2.64. The lowest BCUT2D eigenvalue weighted by molar-refractivity contribution is -0.150. The first kappa shape index (κ1) is 16.3. The zero-order valence-corrected chi connectivity index (χ0v) is 15.8. The molecule has 1 amide bonds. The molecule has 2 atom stereocenters. The van der Waals surface area contributed by atoms with Crippen LogP contribution in [-0.4, -0.2) is 30.5 Å². The first-order valence-corrected chi connectivity index (χ1v) is 9.65. The molecule has 6 rings (SSSR count). The van der Waals surface area contributed by atoms with E-state index >= 15 is 0 Å². The Bertz CT molecular complexity index is 872. The molecule has 7 nitrogen and oxygen atoms in total. The van der Waals surface area contributed by atoms with E-state index in [0.29, 0.717) is 11.8 Å². The topological polar surface area (TPSA) is 77.6 Å². The van der Waals surface area contributed by atoms with Crippen molar-refractivity contribution >= 4 is 23.2 Å². The summed E-state index contributed by atoms with van der Waals surface area (Å²) in [5.41, 5.74) is 1.21. The third-order valence-corrected chi connectivity index (χ3v) is 6.90. The van der Waals surface area contributed by atoms with Gasteiger partial charge in [-0.25, -0.2) is 9.67 Å². The first-order valence-electron chi connectivity index (χ1n) is 9.27. The molecule has 0 spiro atoms. The summed E-state index contributed by atoms with van der Waals surface area (Å²) in [5.74, 6) is 1.28. The lowest BCUT2D eigenvalue weighted by Gasteiger charge is -2.60. The van der Waals surface area contributed by atoms with Crippen molar-refractivity contribution in [2.45, 2.75) is 51.0 Å². The van der Waals surface area contributed by atoms with Crippen molar-refractivity contribution in [3.05, 3.63) is 23.5 Å². The molecule has 8 heteroatoms. The van der Waals surface area contributed by atoms with Crippen LogP contribution < -0.4 is 5.32 Å². The number of halogens is 1. The summed E-state index contributed by atoms with van der Waals surface area (Å²) in [6.07, 6.45) is 9.75. The van der Waals surface area contributed by atoms with Crippen LogP contribution in [0, 0.1) is 24.2 Å². The molecule has 0 aliphatic heterocycles. The van der Waals surface area contributed by atoms with Crippen LogP contribution in [0.5, 0.6) is 0 Å². The fourth-order valence-corrected chi connectivity index (χ4v) is 6.32. The van der Waals surface area contributed by atoms with Crippen LogP contribution in [0.1, 0.15) is 44.2 Å². The minimum absolute atomic E-state index is 0.119. The Morgan fingerprint density at radius 2 is 2.00 bits per heavy atom. The second-order valence-electron chi connectivity index (χ2n) is 8.68. The summed E-state index contributed by atoms with van der Waals surface area (Å²) >= 11 is 5.99. The monoisotopic (exact) mass is 374 g/mol. The second kappa shape index (κ2) is 5.31.